The maximum Gasteiger partial charge on any atom is 0.0403 e. The third-order valence-corrected chi connectivity index (χ3v) is 3.84. The fourth-order valence-electron chi connectivity index (χ4n) is 2.74. The summed E-state index contributed by atoms with van der Waals surface area (Å²) in [6.45, 7) is 5.94. The molecule has 2 N–H and O–H groups in total. The maximum absolute atomic E-state index is 6.59. The van der Waals surface area contributed by atoms with Crippen LogP contribution < -0.4 is 5.73 Å². The lowest BCUT2D eigenvalue weighted by molar-refractivity contribution is 0.384. The van der Waals surface area contributed by atoms with Gasteiger partial charge in [-0.1, -0.05) is 43.2 Å². The van der Waals surface area contributed by atoms with Crippen molar-refractivity contribution < 1.29 is 0 Å². The van der Waals surface area contributed by atoms with Crippen molar-refractivity contribution in [2.75, 3.05) is 0 Å². The highest BCUT2D eigenvalue weighted by Crippen LogP contribution is 2.34. The van der Waals surface area contributed by atoms with E-state index in [0.29, 0.717) is 0 Å². The van der Waals surface area contributed by atoms with Crippen LogP contribution in [0.1, 0.15) is 64.7 Å². The summed E-state index contributed by atoms with van der Waals surface area (Å²) >= 11 is 0. The van der Waals surface area contributed by atoms with Gasteiger partial charge in [-0.2, -0.15) is 0 Å². The lowest BCUT2D eigenvalue weighted by Gasteiger charge is -2.36. The molecular formula is C17H29N. The molecule has 18 heavy (non-hydrogen) atoms. The normalized spacial score (nSPS) is 26.9. The van der Waals surface area contributed by atoms with Crippen molar-refractivity contribution in [3.8, 4) is 0 Å². The van der Waals surface area contributed by atoms with E-state index in [-0.39, 0.29) is 5.54 Å². The zero-order valence-electron chi connectivity index (χ0n) is 12.0. The molecular weight excluding hydrogens is 218 g/mol. The lowest BCUT2D eigenvalue weighted by atomic mass is 9.75. The second-order valence-electron chi connectivity index (χ2n) is 5.40. The van der Waals surface area contributed by atoms with Gasteiger partial charge in [0, 0.05) is 5.54 Å². The Morgan fingerprint density at radius 2 is 2.11 bits per heavy atom. The Kier molecular flexibility index (Phi) is 7.04. The summed E-state index contributed by atoms with van der Waals surface area (Å²) in [5, 5.41) is 0. The summed E-state index contributed by atoms with van der Waals surface area (Å²) in [7, 11) is 0. The first kappa shape index (κ1) is 15.2. The molecule has 0 saturated heterocycles. The third kappa shape index (κ3) is 4.81. The van der Waals surface area contributed by atoms with Crippen LogP contribution in [0.25, 0.3) is 0 Å². The van der Waals surface area contributed by atoms with Gasteiger partial charge in [0.2, 0.25) is 0 Å². The molecule has 0 aromatic heterocycles. The van der Waals surface area contributed by atoms with Gasteiger partial charge in [0.25, 0.3) is 0 Å². The Hall–Kier alpha value is -0.820. The number of hydrogen-bond donors (Lipinski definition) is 1. The molecule has 0 aromatic carbocycles. The molecule has 1 nitrogen and oxygen atoms in total. The zero-order chi connectivity index (χ0) is 13.3. The molecule has 0 aliphatic heterocycles. The quantitative estimate of drug-likeness (QED) is 0.502. The van der Waals surface area contributed by atoms with Crippen LogP contribution in [0.5, 0.6) is 0 Å². The van der Waals surface area contributed by atoms with Crippen LogP contribution in [-0.2, 0) is 0 Å². The van der Waals surface area contributed by atoms with Crippen LogP contribution in [0.2, 0.25) is 0 Å². The first-order valence-corrected chi connectivity index (χ1v) is 7.47. The molecule has 1 heteroatoms. The summed E-state index contributed by atoms with van der Waals surface area (Å²) in [5.74, 6) is 0. The van der Waals surface area contributed by atoms with Crippen molar-refractivity contribution in [1.82, 2.24) is 0 Å². The third-order valence-electron chi connectivity index (χ3n) is 3.84. The van der Waals surface area contributed by atoms with Gasteiger partial charge in [-0.15, -0.1) is 6.58 Å². The minimum atomic E-state index is -0.0524. The smallest absolute Gasteiger partial charge is 0.0403 e. The SMILES string of the molecule is C=CCCCC=CCC1(N)CCCCC1=CCC. The first-order chi connectivity index (χ1) is 8.73. The van der Waals surface area contributed by atoms with Crippen LogP contribution in [0.15, 0.2) is 36.5 Å². The first-order valence-electron chi connectivity index (χ1n) is 7.47. The average Bonchev–Trinajstić information content (AvgIpc) is 2.37. The Morgan fingerprint density at radius 1 is 1.28 bits per heavy atom. The van der Waals surface area contributed by atoms with Crippen LogP contribution in [0, 0.1) is 0 Å². The van der Waals surface area contributed by atoms with E-state index in [4.69, 9.17) is 5.73 Å². The molecule has 1 saturated carbocycles. The minimum absolute atomic E-state index is 0.0524. The molecule has 1 aliphatic rings. The molecule has 0 heterocycles. The van der Waals surface area contributed by atoms with Gasteiger partial charge in [0.05, 0.1) is 0 Å². The number of unbranched alkanes of at least 4 members (excludes halogenated alkanes) is 2. The fraction of sp³-hybridized carbons (Fsp3) is 0.647. The summed E-state index contributed by atoms with van der Waals surface area (Å²) in [5.41, 5.74) is 8.03. The van der Waals surface area contributed by atoms with E-state index in [9.17, 15) is 0 Å². The van der Waals surface area contributed by atoms with Gasteiger partial charge < -0.3 is 5.73 Å². The molecule has 0 amide bonds. The molecule has 1 aliphatic carbocycles. The van der Waals surface area contributed by atoms with Crippen molar-refractivity contribution in [2.24, 2.45) is 5.73 Å². The minimum Gasteiger partial charge on any atom is -0.321 e. The second kappa shape index (κ2) is 8.31. The van der Waals surface area contributed by atoms with Crippen LogP contribution >= 0.6 is 0 Å². The Labute approximate surface area is 113 Å². The molecule has 0 radical (unpaired) electrons. The van der Waals surface area contributed by atoms with Crippen LogP contribution in [0.3, 0.4) is 0 Å². The van der Waals surface area contributed by atoms with Gasteiger partial charge in [0.1, 0.15) is 0 Å². The molecule has 1 fully saturated rings. The van der Waals surface area contributed by atoms with E-state index in [2.05, 4.69) is 31.7 Å². The van der Waals surface area contributed by atoms with E-state index < -0.39 is 0 Å². The van der Waals surface area contributed by atoms with Gasteiger partial charge in [-0.25, -0.2) is 0 Å². The topological polar surface area (TPSA) is 26.0 Å². The number of nitrogens with two attached hydrogens (primary N) is 1. The van der Waals surface area contributed by atoms with Gasteiger partial charge in [-0.3, -0.25) is 0 Å². The zero-order valence-corrected chi connectivity index (χ0v) is 12.0. The lowest BCUT2D eigenvalue weighted by Crippen LogP contribution is -2.43. The predicted molar refractivity (Wildman–Crippen MR) is 81.6 cm³/mol. The summed E-state index contributed by atoms with van der Waals surface area (Å²) < 4.78 is 0. The van der Waals surface area contributed by atoms with E-state index >= 15 is 0 Å². The Balaban J connectivity index is 2.45. The summed E-state index contributed by atoms with van der Waals surface area (Å²) in [6.07, 6.45) is 19.4. The van der Waals surface area contributed by atoms with E-state index in [1.54, 1.807) is 0 Å². The van der Waals surface area contributed by atoms with Crippen molar-refractivity contribution in [3.63, 3.8) is 0 Å². The van der Waals surface area contributed by atoms with Crippen LogP contribution in [-0.4, -0.2) is 5.54 Å². The van der Waals surface area contributed by atoms with Crippen molar-refractivity contribution in [1.29, 1.82) is 0 Å². The van der Waals surface area contributed by atoms with Gasteiger partial charge in [0.15, 0.2) is 0 Å². The van der Waals surface area contributed by atoms with E-state index in [1.807, 2.05) is 6.08 Å². The summed E-state index contributed by atoms with van der Waals surface area (Å²) in [6, 6.07) is 0. The van der Waals surface area contributed by atoms with Crippen molar-refractivity contribution in [3.05, 3.63) is 36.5 Å². The standard InChI is InChI=1S/C17H29N/c1-3-5-6-7-8-10-14-17(18)15-11-9-13-16(17)12-4-2/h3,8,10,12H,1,4-7,9,11,13-15,18H2,2H3. The second-order valence-corrected chi connectivity index (χ2v) is 5.40. The molecule has 1 unspecified atom stereocenters. The molecule has 0 spiro atoms. The average molecular weight is 247 g/mol. The highest BCUT2D eigenvalue weighted by Gasteiger charge is 2.30. The maximum atomic E-state index is 6.59. The van der Waals surface area contributed by atoms with Crippen LogP contribution in [0.4, 0.5) is 0 Å². The summed E-state index contributed by atoms with van der Waals surface area (Å²) in [4.78, 5) is 0. The van der Waals surface area contributed by atoms with Crippen molar-refractivity contribution >= 4 is 0 Å². The predicted octanol–water partition coefficient (Wildman–Crippen LogP) is 4.90. The molecule has 102 valence electrons. The van der Waals surface area contributed by atoms with Gasteiger partial charge in [-0.05, 0) is 51.4 Å². The number of allylic oxidation sites excluding steroid dienone is 3. The molecule has 1 rings (SSSR count). The van der Waals surface area contributed by atoms with Gasteiger partial charge >= 0.3 is 0 Å². The van der Waals surface area contributed by atoms with E-state index in [0.717, 1.165) is 32.1 Å². The Morgan fingerprint density at radius 3 is 2.83 bits per heavy atom. The number of rotatable bonds is 7. The Bertz CT molecular complexity index is 301. The largest absolute Gasteiger partial charge is 0.321 e. The fourth-order valence-corrected chi connectivity index (χ4v) is 2.74. The monoisotopic (exact) mass is 247 g/mol. The molecule has 0 aromatic rings. The molecule has 1 atom stereocenters. The van der Waals surface area contributed by atoms with E-state index in [1.165, 1.54) is 31.3 Å². The molecule has 0 bridgehead atoms. The highest BCUT2D eigenvalue weighted by molar-refractivity contribution is 5.23. The van der Waals surface area contributed by atoms with Crippen molar-refractivity contribution in [2.45, 2.75) is 70.3 Å². The highest BCUT2D eigenvalue weighted by atomic mass is 14.7. The number of hydrogen-bond acceptors (Lipinski definition) is 1.